The molecule has 0 rings (SSSR count). The fourth-order valence-electron chi connectivity index (χ4n) is 0.204. The highest BCUT2D eigenvalue weighted by Gasteiger charge is 2.13. The van der Waals surface area contributed by atoms with Crippen LogP contribution in [0.5, 0.6) is 0 Å². The maximum absolute atomic E-state index is 8.61. The summed E-state index contributed by atoms with van der Waals surface area (Å²) in [5, 5.41) is 9.09. The van der Waals surface area contributed by atoms with Crippen molar-refractivity contribution in [2.75, 3.05) is 5.33 Å². The lowest BCUT2D eigenvalue weighted by atomic mass is 10.3. The molecule has 0 bridgehead atoms. The van der Waals surface area contributed by atoms with Gasteiger partial charge >= 0.3 is 0 Å². The molecule has 0 spiro atoms. The number of halogens is 3. The molecule has 0 aliphatic rings. The predicted molar refractivity (Wildman–Crippen MR) is 65.3 cm³/mol. The van der Waals surface area contributed by atoms with Crippen LogP contribution < -0.4 is 0 Å². The molecule has 3 N–H and O–H groups in total. The Labute approximate surface area is 99.1 Å². The number of aliphatic hydroxyl groups is 1. The van der Waals surface area contributed by atoms with Crippen LogP contribution in [-0.2, 0) is 0 Å². The first-order valence-corrected chi connectivity index (χ1v) is 5.95. The Morgan fingerprint density at radius 3 is 1.83 bits per heavy atom. The van der Waals surface area contributed by atoms with Crippen LogP contribution >= 0.6 is 47.8 Å². The topological polar surface area (TPSA) is 51.7 Å². The van der Waals surface area contributed by atoms with Crippen LogP contribution in [0.2, 0.25) is 0 Å². The highest BCUT2D eigenvalue weighted by Crippen LogP contribution is 2.23. The fourth-order valence-corrected chi connectivity index (χ4v) is 0.204. The van der Waals surface area contributed by atoms with Crippen molar-refractivity contribution in [1.29, 1.82) is 0 Å². The van der Waals surface area contributed by atoms with E-state index in [9.17, 15) is 0 Å². The molecule has 0 aromatic heterocycles. The summed E-state index contributed by atoms with van der Waals surface area (Å²) in [6, 6.07) is 0. The Morgan fingerprint density at radius 1 is 1.50 bits per heavy atom. The Balaban J connectivity index is -0.000000126. The van der Waals surface area contributed by atoms with Crippen molar-refractivity contribution in [3.8, 4) is 0 Å². The van der Waals surface area contributed by atoms with Crippen molar-refractivity contribution >= 4 is 47.8 Å². The van der Waals surface area contributed by atoms with Gasteiger partial charge in [0.2, 0.25) is 0 Å². The van der Waals surface area contributed by atoms with Crippen LogP contribution in [0.15, 0.2) is 12.7 Å². The zero-order chi connectivity index (χ0) is 9.33. The summed E-state index contributed by atoms with van der Waals surface area (Å²) >= 11 is 8.83. The Kier molecular flexibility index (Phi) is 19.0. The number of hydrogen-bond donors (Lipinski definition) is 1. The third kappa shape index (κ3) is 30.4. The van der Waals surface area contributed by atoms with Crippen molar-refractivity contribution in [2.45, 2.75) is 23.2 Å². The highest BCUT2D eigenvalue weighted by atomic mass is 79.9. The molecule has 0 aromatic rings. The van der Waals surface area contributed by atoms with Gasteiger partial charge in [-0.3, -0.25) is 0 Å². The average molecular weight is 371 g/mol. The van der Waals surface area contributed by atoms with E-state index in [0.717, 1.165) is 6.42 Å². The molecule has 0 saturated heterocycles. The zero-order valence-corrected chi connectivity index (χ0v) is 11.7. The number of allylic oxidation sites excluding steroid dienone is 1. The number of unbranched alkanes of at least 4 members (excludes halogenated alkanes) is 1. The van der Waals surface area contributed by atoms with Gasteiger partial charge in [0.25, 0.3) is 0 Å². The molecule has 0 aromatic carbocycles. The van der Waals surface area contributed by atoms with E-state index in [1.165, 1.54) is 6.42 Å². The summed E-state index contributed by atoms with van der Waals surface area (Å²) in [4.78, 5) is 0. The van der Waals surface area contributed by atoms with E-state index in [-0.39, 0.29) is 5.48 Å². The van der Waals surface area contributed by atoms with Gasteiger partial charge < -0.3 is 10.6 Å². The lowest BCUT2D eigenvalue weighted by molar-refractivity contribution is 0.271. The van der Waals surface area contributed by atoms with Crippen molar-refractivity contribution in [3.63, 3.8) is 0 Å². The summed E-state index contributed by atoms with van der Waals surface area (Å²) in [5.41, 5.74) is 0. The van der Waals surface area contributed by atoms with Gasteiger partial charge in [0.05, 0.1) is 5.33 Å². The van der Waals surface area contributed by atoms with Gasteiger partial charge in [0, 0.05) is 0 Å². The highest BCUT2D eigenvalue weighted by molar-refractivity contribution is 9.26. The predicted octanol–water partition coefficient (Wildman–Crippen LogP) is 2.97. The van der Waals surface area contributed by atoms with Crippen molar-refractivity contribution in [1.82, 2.24) is 0 Å². The normalized spacial score (nSPS) is 9.08. The van der Waals surface area contributed by atoms with Gasteiger partial charge in [-0.05, 0) is 38.3 Å². The molecule has 0 amide bonds. The molecule has 0 aliphatic carbocycles. The average Bonchev–Trinajstić information content (AvgIpc) is 1.90. The molecule has 76 valence electrons. The van der Waals surface area contributed by atoms with E-state index < -0.39 is 3.42 Å². The third-order valence-electron chi connectivity index (χ3n) is 0.654. The second-order valence-corrected chi connectivity index (χ2v) is 6.13. The molecule has 12 heavy (non-hydrogen) atoms. The van der Waals surface area contributed by atoms with Crippen LogP contribution in [0, 0.1) is 0 Å². The molecular weight excluding hydrogens is 356 g/mol. The van der Waals surface area contributed by atoms with Crippen LogP contribution in [-0.4, -0.2) is 19.3 Å². The van der Waals surface area contributed by atoms with E-state index >= 15 is 0 Å². The number of hydrogen-bond acceptors (Lipinski definition) is 1. The summed E-state index contributed by atoms with van der Waals surface area (Å²) in [7, 11) is 0. The molecule has 0 fully saturated rings. The first-order valence-electron chi connectivity index (χ1n) is 3.25. The van der Waals surface area contributed by atoms with E-state index in [0.29, 0.717) is 5.33 Å². The largest absolute Gasteiger partial charge is 0.412 e. The Hall–Kier alpha value is 1.10. The first-order chi connectivity index (χ1) is 4.97. The van der Waals surface area contributed by atoms with Crippen molar-refractivity contribution in [2.24, 2.45) is 0 Å². The molecule has 0 saturated carbocycles. The first kappa shape index (κ1) is 18.8. The third-order valence-corrected chi connectivity index (χ3v) is 3.53. The molecule has 0 radical (unpaired) electrons. The van der Waals surface area contributed by atoms with E-state index in [1.807, 2.05) is 6.08 Å². The molecule has 5 heteroatoms. The molecule has 0 heterocycles. The quantitative estimate of drug-likeness (QED) is 0.602. The van der Waals surface area contributed by atoms with Gasteiger partial charge in [-0.2, -0.15) is 0 Å². The number of rotatable bonds is 3. The van der Waals surface area contributed by atoms with Crippen LogP contribution in [0.1, 0.15) is 19.8 Å². The molecular formula is C7H15Br3O2. The van der Waals surface area contributed by atoms with Gasteiger partial charge in [-0.1, -0.05) is 35.4 Å². The minimum Gasteiger partial charge on any atom is -0.412 e. The van der Waals surface area contributed by atoms with Gasteiger partial charge in [-0.15, -0.1) is 6.58 Å². The fraction of sp³-hybridized carbons (Fsp3) is 0.714. The summed E-state index contributed by atoms with van der Waals surface area (Å²) in [5.74, 6) is 0. The summed E-state index contributed by atoms with van der Waals surface area (Å²) < 4.78 is -0.917. The standard InChI is InChI=1S/C5H10.C2H3Br3O.H2O/c1-3-5-4-2;3-1-2(4,5)6;/h3H,1,4-5H2,2H3;6H,1H2;1H2. The molecule has 2 nitrogen and oxygen atoms in total. The van der Waals surface area contributed by atoms with Crippen molar-refractivity contribution in [3.05, 3.63) is 12.7 Å². The minimum absolute atomic E-state index is 0. The Morgan fingerprint density at radius 2 is 1.83 bits per heavy atom. The Bertz CT molecular complexity index is 91.1. The maximum atomic E-state index is 8.61. The monoisotopic (exact) mass is 368 g/mol. The van der Waals surface area contributed by atoms with Crippen LogP contribution in [0.25, 0.3) is 0 Å². The number of alkyl halides is 3. The SMILES string of the molecule is C=CCCC.O.OC(Br)(Br)CBr. The zero-order valence-electron chi connectivity index (χ0n) is 6.99. The van der Waals surface area contributed by atoms with Gasteiger partial charge in [0.15, 0.2) is 3.42 Å². The van der Waals surface area contributed by atoms with Gasteiger partial charge in [-0.25, -0.2) is 0 Å². The van der Waals surface area contributed by atoms with E-state index in [2.05, 4.69) is 61.3 Å². The van der Waals surface area contributed by atoms with Crippen LogP contribution in [0.3, 0.4) is 0 Å². The van der Waals surface area contributed by atoms with E-state index in [4.69, 9.17) is 5.11 Å². The van der Waals surface area contributed by atoms with E-state index in [1.54, 1.807) is 0 Å². The second kappa shape index (κ2) is 12.1. The van der Waals surface area contributed by atoms with Gasteiger partial charge in [0.1, 0.15) is 0 Å². The van der Waals surface area contributed by atoms with Crippen LogP contribution in [0.4, 0.5) is 0 Å². The summed E-state index contributed by atoms with van der Waals surface area (Å²) in [6.07, 6.45) is 4.31. The molecule has 0 atom stereocenters. The smallest absolute Gasteiger partial charge is 0.184 e. The second-order valence-electron chi connectivity index (χ2n) is 1.88. The minimum atomic E-state index is -0.917. The van der Waals surface area contributed by atoms with Crippen molar-refractivity contribution < 1.29 is 10.6 Å². The summed E-state index contributed by atoms with van der Waals surface area (Å²) in [6.45, 7) is 5.69. The lowest BCUT2D eigenvalue weighted by Gasteiger charge is -2.04. The maximum Gasteiger partial charge on any atom is 0.184 e. The lowest BCUT2D eigenvalue weighted by Crippen LogP contribution is -2.09. The molecule has 0 aliphatic heterocycles. The molecule has 0 unspecified atom stereocenters.